The minimum atomic E-state index is -4.51. The van der Waals surface area contributed by atoms with Gasteiger partial charge in [0.25, 0.3) is 0 Å². The summed E-state index contributed by atoms with van der Waals surface area (Å²) >= 11 is 0. The van der Waals surface area contributed by atoms with Crippen molar-refractivity contribution in [1.82, 2.24) is 0 Å². The first-order valence-electron chi connectivity index (χ1n) is 5.94. The molecule has 2 aromatic rings. The Morgan fingerprint density at radius 2 is 1.50 bits per heavy atom. The second-order valence-corrected chi connectivity index (χ2v) is 4.76. The maximum atomic E-state index is 13.3. The maximum absolute atomic E-state index is 13.3. The Labute approximate surface area is 114 Å². The predicted octanol–water partition coefficient (Wildman–Crippen LogP) is 4.07. The first kappa shape index (κ1) is 14.5. The number of hydrogen-bond donors (Lipinski definition) is 1. The molecule has 0 heterocycles. The summed E-state index contributed by atoms with van der Waals surface area (Å²) in [4.78, 5) is 0. The highest BCUT2D eigenvalue weighted by atomic mass is 19.4. The molecule has 0 radical (unpaired) electrons. The van der Waals surface area contributed by atoms with Gasteiger partial charge in [-0.1, -0.05) is 30.3 Å². The van der Waals surface area contributed by atoms with Crippen LogP contribution in [0.2, 0.25) is 0 Å². The molecule has 0 aliphatic heterocycles. The maximum Gasteiger partial charge on any atom is 0.416 e. The van der Waals surface area contributed by atoms with E-state index in [0.29, 0.717) is 0 Å². The van der Waals surface area contributed by atoms with Gasteiger partial charge in [0.1, 0.15) is 5.82 Å². The summed E-state index contributed by atoms with van der Waals surface area (Å²) in [5.41, 5.74) is 4.01. The first-order valence-corrected chi connectivity index (χ1v) is 5.94. The Hall–Kier alpha value is -1.88. The third-order valence-electron chi connectivity index (χ3n) is 3.22. The first-order chi connectivity index (χ1) is 9.23. The van der Waals surface area contributed by atoms with Crippen molar-refractivity contribution in [3.05, 3.63) is 71.0 Å². The zero-order valence-electron chi connectivity index (χ0n) is 10.7. The van der Waals surface area contributed by atoms with Crippen LogP contribution in [-0.2, 0) is 11.7 Å². The fourth-order valence-corrected chi connectivity index (χ4v) is 2.15. The monoisotopic (exact) mass is 283 g/mol. The lowest BCUT2D eigenvalue weighted by atomic mass is 9.83. The smallest absolute Gasteiger partial charge is 0.318 e. The number of nitrogens with two attached hydrogens (primary N) is 1. The summed E-state index contributed by atoms with van der Waals surface area (Å²) in [6, 6.07) is 10.4. The lowest BCUT2D eigenvalue weighted by Gasteiger charge is -2.29. The van der Waals surface area contributed by atoms with E-state index in [2.05, 4.69) is 0 Å². The van der Waals surface area contributed by atoms with Crippen molar-refractivity contribution < 1.29 is 17.6 Å². The molecule has 106 valence electrons. The molecule has 1 nitrogen and oxygen atoms in total. The van der Waals surface area contributed by atoms with Crippen LogP contribution >= 0.6 is 0 Å². The van der Waals surface area contributed by atoms with E-state index in [1.807, 2.05) is 0 Å². The largest absolute Gasteiger partial charge is 0.416 e. The van der Waals surface area contributed by atoms with Crippen LogP contribution in [0.5, 0.6) is 0 Å². The van der Waals surface area contributed by atoms with Crippen molar-refractivity contribution in [2.24, 2.45) is 5.73 Å². The van der Waals surface area contributed by atoms with Crippen LogP contribution in [0.3, 0.4) is 0 Å². The summed E-state index contributed by atoms with van der Waals surface area (Å²) in [5.74, 6) is -0.538. The summed E-state index contributed by atoms with van der Waals surface area (Å²) < 4.78 is 52.4. The molecule has 2 N–H and O–H groups in total. The van der Waals surface area contributed by atoms with E-state index in [9.17, 15) is 17.6 Å². The second-order valence-electron chi connectivity index (χ2n) is 4.76. The average molecular weight is 283 g/mol. The lowest BCUT2D eigenvalue weighted by molar-refractivity contribution is -0.138. The van der Waals surface area contributed by atoms with Gasteiger partial charge >= 0.3 is 6.18 Å². The van der Waals surface area contributed by atoms with Crippen LogP contribution in [0.4, 0.5) is 17.6 Å². The Kier molecular flexibility index (Phi) is 3.56. The van der Waals surface area contributed by atoms with Crippen molar-refractivity contribution in [2.75, 3.05) is 0 Å². The second kappa shape index (κ2) is 4.90. The van der Waals surface area contributed by atoms with Gasteiger partial charge in [-0.05, 0) is 36.2 Å². The van der Waals surface area contributed by atoms with Gasteiger partial charge in [0, 0.05) is 0 Å². The van der Waals surface area contributed by atoms with E-state index in [1.54, 1.807) is 0 Å². The van der Waals surface area contributed by atoms with E-state index in [1.165, 1.54) is 43.3 Å². The molecule has 0 saturated heterocycles. The van der Waals surface area contributed by atoms with E-state index in [0.717, 1.165) is 12.1 Å². The third kappa shape index (κ3) is 2.67. The number of alkyl halides is 3. The molecule has 0 aliphatic rings. The van der Waals surface area contributed by atoms with Gasteiger partial charge in [-0.15, -0.1) is 0 Å². The van der Waals surface area contributed by atoms with Crippen LogP contribution in [-0.4, -0.2) is 0 Å². The van der Waals surface area contributed by atoms with Gasteiger partial charge in [0.15, 0.2) is 0 Å². The zero-order valence-corrected chi connectivity index (χ0v) is 10.7. The minimum Gasteiger partial charge on any atom is -0.318 e. The summed E-state index contributed by atoms with van der Waals surface area (Å²) in [6.45, 7) is 1.44. The molecular weight excluding hydrogens is 270 g/mol. The van der Waals surface area contributed by atoms with Gasteiger partial charge < -0.3 is 5.73 Å². The topological polar surface area (TPSA) is 26.0 Å². The minimum absolute atomic E-state index is 0.0851. The van der Waals surface area contributed by atoms with Crippen LogP contribution in [0, 0.1) is 5.82 Å². The third-order valence-corrected chi connectivity index (χ3v) is 3.22. The van der Waals surface area contributed by atoms with E-state index in [4.69, 9.17) is 5.73 Å². The van der Waals surface area contributed by atoms with Gasteiger partial charge in [-0.2, -0.15) is 13.2 Å². The van der Waals surface area contributed by atoms with Gasteiger partial charge in [0.2, 0.25) is 0 Å². The van der Waals surface area contributed by atoms with Crippen molar-refractivity contribution in [2.45, 2.75) is 18.6 Å². The Morgan fingerprint density at radius 1 is 0.900 bits per heavy atom. The van der Waals surface area contributed by atoms with Gasteiger partial charge in [0.05, 0.1) is 11.1 Å². The normalized spacial score (nSPS) is 14.9. The fourth-order valence-electron chi connectivity index (χ4n) is 2.15. The van der Waals surface area contributed by atoms with Crippen LogP contribution in [0.25, 0.3) is 0 Å². The SMILES string of the molecule is CC(N)(c1cccc(F)c1)c1ccccc1C(F)(F)F. The fraction of sp³-hybridized carbons (Fsp3) is 0.200. The Morgan fingerprint density at radius 3 is 2.05 bits per heavy atom. The zero-order chi connectivity index (χ0) is 15.0. The predicted molar refractivity (Wildman–Crippen MR) is 68.5 cm³/mol. The summed E-state index contributed by atoms with van der Waals surface area (Å²) in [6.07, 6.45) is -4.51. The van der Waals surface area contributed by atoms with Crippen molar-refractivity contribution in [3.63, 3.8) is 0 Å². The summed E-state index contributed by atoms with van der Waals surface area (Å²) in [7, 11) is 0. The number of hydrogen-bond acceptors (Lipinski definition) is 1. The number of rotatable bonds is 2. The van der Waals surface area contributed by atoms with Crippen molar-refractivity contribution in [3.8, 4) is 0 Å². The number of benzene rings is 2. The lowest BCUT2D eigenvalue weighted by Crippen LogP contribution is -2.36. The molecule has 2 rings (SSSR count). The van der Waals surface area contributed by atoms with Crippen molar-refractivity contribution >= 4 is 0 Å². The van der Waals surface area contributed by atoms with E-state index < -0.39 is 23.1 Å². The molecule has 0 aliphatic carbocycles. The Balaban J connectivity index is 2.61. The standard InChI is InChI=1S/C15H13F4N/c1-14(20,10-5-4-6-11(16)9-10)12-7-2-3-8-13(12)15(17,18)19/h2-9H,20H2,1H3. The molecule has 2 aromatic carbocycles. The molecule has 1 unspecified atom stereocenters. The Bertz CT molecular complexity index is 617. The molecular formula is C15H13F4N. The molecule has 20 heavy (non-hydrogen) atoms. The molecule has 0 aromatic heterocycles. The number of halogens is 4. The van der Waals surface area contributed by atoms with Crippen LogP contribution < -0.4 is 5.73 Å². The highest BCUT2D eigenvalue weighted by Gasteiger charge is 2.38. The molecule has 0 saturated carbocycles. The summed E-state index contributed by atoms with van der Waals surface area (Å²) in [5, 5.41) is 0. The average Bonchev–Trinajstić information content (AvgIpc) is 2.38. The van der Waals surface area contributed by atoms with Crippen molar-refractivity contribution in [1.29, 1.82) is 0 Å². The van der Waals surface area contributed by atoms with Crippen LogP contribution in [0.15, 0.2) is 48.5 Å². The van der Waals surface area contributed by atoms with Crippen LogP contribution in [0.1, 0.15) is 23.6 Å². The molecule has 0 amide bonds. The van der Waals surface area contributed by atoms with E-state index >= 15 is 0 Å². The molecule has 5 heteroatoms. The molecule has 1 atom stereocenters. The van der Waals surface area contributed by atoms with Gasteiger partial charge in [-0.3, -0.25) is 0 Å². The highest BCUT2D eigenvalue weighted by molar-refractivity contribution is 5.43. The van der Waals surface area contributed by atoms with E-state index in [-0.39, 0.29) is 11.1 Å². The molecule has 0 fully saturated rings. The van der Waals surface area contributed by atoms with Gasteiger partial charge in [-0.25, -0.2) is 4.39 Å². The highest BCUT2D eigenvalue weighted by Crippen LogP contribution is 2.38. The molecule has 0 spiro atoms. The quantitative estimate of drug-likeness (QED) is 0.826. The molecule has 0 bridgehead atoms.